The molecule has 24 heavy (non-hydrogen) atoms. The van der Waals surface area contributed by atoms with Gasteiger partial charge in [0.2, 0.25) is 0 Å². The number of carbonyl (C=O) groups is 1. The molecule has 1 aromatic carbocycles. The van der Waals surface area contributed by atoms with Gasteiger partial charge < -0.3 is 14.4 Å². The number of ether oxygens (including phenoxy) is 2. The molecule has 2 aromatic rings. The minimum absolute atomic E-state index is 0.111. The molecule has 7 heteroatoms. The number of aromatic nitrogens is 2. The van der Waals surface area contributed by atoms with Crippen molar-refractivity contribution >= 4 is 5.91 Å². The lowest BCUT2D eigenvalue weighted by atomic mass is 10.1. The van der Waals surface area contributed by atoms with Crippen molar-refractivity contribution in [3.63, 3.8) is 0 Å². The van der Waals surface area contributed by atoms with Crippen LogP contribution in [0.5, 0.6) is 0 Å². The molecule has 2 heterocycles. The molecule has 1 aliphatic rings. The van der Waals surface area contributed by atoms with Crippen LogP contribution in [0, 0.1) is 5.82 Å². The summed E-state index contributed by atoms with van der Waals surface area (Å²) in [6.45, 7) is 2.07. The van der Waals surface area contributed by atoms with E-state index in [2.05, 4.69) is 10.2 Å². The summed E-state index contributed by atoms with van der Waals surface area (Å²) < 4.78 is 24.1. The first-order valence-electron chi connectivity index (χ1n) is 7.84. The molecule has 128 valence electrons. The van der Waals surface area contributed by atoms with E-state index in [9.17, 15) is 9.18 Å². The zero-order chi connectivity index (χ0) is 16.9. The predicted molar refractivity (Wildman–Crippen MR) is 85.0 cm³/mol. The molecular formula is C17H20FN3O3. The van der Waals surface area contributed by atoms with Crippen molar-refractivity contribution in [2.24, 2.45) is 0 Å². The minimum Gasteiger partial charge on any atom is -0.382 e. The number of nitrogens with zero attached hydrogens (tertiary/aromatic N) is 2. The zero-order valence-electron chi connectivity index (χ0n) is 13.5. The summed E-state index contributed by atoms with van der Waals surface area (Å²) in [5, 5.41) is 6.95. The molecule has 0 saturated heterocycles. The van der Waals surface area contributed by atoms with Crippen LogP contribution in [0.25, 0.3) is 0 Å². The molecule has 0 spiro atoms. The van der Waals surface area contributed by atoms with Crippen LogP contribution in [0.2, 0.25) is 0 Å². The monoisotopic (exact) mass is 333 g/mol. The number of nitrogens with one attached hydrogen (secondary N) is 1. The number of hydrogen-bond donors (Lipinski definition) is 1. The van der Waals surface area contributed by atoms with E-state index in [-0.39, 0.29) is 18.3 Å². The Labute approximate surface area is 139 Å². The Morgan fingerprint density at radius 1 is 1.42 bits per heavy atom. The fraction of sp³-hybridized carbons (Fsp3) is 0.412. The van der Waals surface area contributed by atoms with Crippen LogP contribution in [0.1, 0.15) is 27.2 Å². The molecule has 0 radical (unpaired) electrons. The second-order valence-electron chi connectivity index (χ2n) is 5.70. The Morgan fingerprint density at radius 3 is 3.12 bits per heavy atom. The largest absolute Gasteiger partial charge is 0.382 e. The average molecular weight is 333 g/mol. The van der Waals surface area contributed by atoms with Crippen LogP contribution in [-0.2, 0) is 29.0 Å². The fourth-order valence-electron chi connectivity index (χ4n) is 2.72. The predicted octanol–water partition coefficient (Wildman–Crippen LogP) is 1.91. The number of aromatic amines is 1. The first-order valence-corrected chi connectivity index (χ1v) is 7.84. The highest BCUT2D eigenvalue weighted by Gasteiger charge is 2.23. The second kappa shape index (κ2) is 7.55. The maximum Gasteiger partial charge on any atom is 0.254 e. The summed E-state index contributed by atoms with van der Waals surface area (Å²) in [4.78, 5) is 14.4. The molecule has 0 bridgehead atoms. The molecule has 0 atom stereocenters. The van der Waals surface area contributed by atoms with Crippen LogP contribution < -0.4 is 0 Å². The van der Waals surface area contributed by atoms with E-state index >= 15 is 0 Å². The third-order valence-corrected chi connectivity index (χ3v) is 4.07. The van der Waals surface area contributed by atoms with Crippen molar-refractivity contribution in [2.75, 3.05) is 26.9 Å². The number of carbonyl (C=O) groups excluding carboxylic acids is 1. The standard InChI is InChI=1S/C17H20FN3O3/c1-23-6-7-24-11-13-8-12(2-3-15(13)18)17(22)21-5-4-16-14(10-21)9-19-20-16/h2-3,8-9H,4-7,10-11H2,1H3,(H,19,20). The van der Waals surface area contributed by atoms with Crippen LogP contribution in [0.3, 0.4) is 0 Å². The molecule has 6 nitrogen and oxygen atoms in total. The number of benzene rings is 1. The van der Waals surface area contributed by atoms with Gasteiger partial charge in [0.1, 0.15) is 5.82 Å². The van der Waals surface area contributed by atoms with Gasteiger partial charge in [0, 0.05) is 49.0 Å². The van der Waals surface area contributed by atoms with Crippen LogP contribution in [-0.4, -0.2) is 47.9 Å². The Morgan fingerprint density at radius 2 is 2.29 bits per heavy atom. The first-order chi connectivity index (χ1) is 11.7. The van der Waals surface area contributed by atoms with E-state index < -0.39 is 0 Å². The van der Waals surface area contributed by atoms with E-state index in [1.165, 1.54) is 12.1 Å². The number of methoxy groups -OCH3 is 1. The minimum atomic E-state index is -0.375. The lowest BCUT2D eigenvalue weighted by molar-refractivity contribution is 0.0602. The van der Waals surface area contributed by atoms with Gasteiger partial charge in [0.05, 0.1) is 26.0 Å². The third-order valence-electron chi connectivity index (χ3n) is 4.07. The molecule has 0 aliphatic carbocycles. The van der Waals surface area contributed by atoms with Gasteiger partial charge in [-0.3, -0.25) is 9.89 Å². The summed E-state index contributed by atoms with van der Waals surface area (Å²) >= 11 is 0. The van der Waals surface area contributed by atoms with E-state index in [1.807, 2.05) is 0 Å². The Bertz CT molecular complexity index is 717. The molecule has 0 saturated carbocycles. The molecule has 1 aliphatic heterocycles. The van der Waals surface area contributed by atoms with Crippen molar-refractivity contribution < 1.29 is 18.7 Å². The van der Waals surface area contributed by atoms with Gasteiger partial charge in [0.25, 0.3) is 5.91 Å². The summed E-state index contributed by atoms with van der Waals surface area (Å²) in [6, 6.07) is 4.39. The smallest absolute Gasteiger partial charge is 0.254 e. The topological polar surface area (TPSA) is 67.5 Å². The highest BCUT2D eigenvalue weighted by Crippen LogP contribution is 2.20. The second-order valence-corrected chi connectivity index (χ2v) is 5.70. The molecule has 1 N–H and O–H groups in total. The van der Waals surface area contributed by atoms with Crippen LogP contribution in [0.4, 0.5) is 4.39 Å². The maximum absolute atomic E-state index is 13.9. The number of H-pyrrole nitrogens is 1. The zero-order valence-corrected chi connectivity index (χ0v) is 13.5. The first kappa shape index (κ1) is 16.6. The Hall–Kier alpha value is -2.25. The summed E-state index contributed by atoms with van der Waals surface area (Å²) in [6.07, 6.45) is 2.49. The Kier molecular flexibility index (Phi) is 5.22. The molecule has 0 unspecified atom stereocenters. The molecule has 3 rings (SSSR count). The maximum atomic E-state index is 13.9. The lowest BCUT2D eigenvalue weighted by Crippen LogP contribution is -2.35. The van der Waals surface area contributed by atoms with E-state index in [4.69, 9.17) is 9.47 Å². The Balaban J connectivity index is 1.69. The van der Waals surface area contributed by atoms with Crippen molar-refractivity contribution in [1.29, 1.82) is 0 Å². The fourth-order valence-corrected chi connectivity index (χ4v) is 2.72. The number of hydrogen-bond acceptors (Lipinski definition) is 4. The van der Waals surface area contributed by atoms with Gasteiger partial charge in [-0.1, -0.05) is 0 Å². The van der Waals surface area contributed by atoms with Crippen molar-refractivity contribution in [1.82, 2.24) is 15.1 Å². The number of amides is 1. The van der Waals surface area contributed by atoms with E-state index in [0.717, 1.165) is 17.7 Å². The lowest BCUT2D eigenvalue weighted by Gasteiger charge is -2.26. The molecule has 1 aromatic heterocycles. The molecule has 0 fully saturated rings. The molecular weight excluding hydrogens is 313 g/mol. The number of rotatable bonds is 6. The van der Waals surface area contributed by atoms with Crippen molar-refractivity contribution in [2.45, 2.75) is 19.6 Å². The summed E-state index contributed by atoms with van der Waals surface area (Å²) in [7, 11) is 1.58. The van der Waals surface area contributed by atoms with Gasteiger partial charge in [-0.15, -0.1) is 0 Å². The van der Waals surface area contributed by atoms with Gasteiger partial charge in [-0.25, -0.2) is 4.39 Å². The SMILES string of the molecule is COCCOCc1cc(C(=O)N2CCc3[nH]ncc3C2)ccc1F. The highest BCUT2D eigenvalue weighted by atomic mass is 19.1. The number of fused-ring (bicyclic) bond motifs is 1. The van der Waals surface area contributed by atoms with Gasteiger partial charge >= 0.3 is 0 Å². The quantitative estimate of drug-likeness (QED) is 0.820. The summed E-state index contributed by atoms with van der Waals surface area (Å²) in [5.74, 6) is -0.486. The average Bonchev–Trinajstić information content (AvgIpc) is 3.07. The van der Waals surface area contributed by atoms with Gasteiger partial charge in [-0.2, -0.15) is 5.10 Å². The van der Waals surface area contributed by atoms with Crippen molar-refractivity contribution in [3.8, 4) is 0 Å². The van der Waals surface area contributed by atoms with E-state index in [1.54, 1.807) is 24.3 Å². The van der Waals surface area contributed by atoms with Crippen molar-refractivity contribution in [3.05, 3.63) is 52.6 Å². The van der Waals surface area contributed by atoms with Crippen LogP contribution in [0.15, 0.2) is 24.4 Å². The normalized spacial score (nSPS) is 13.8. The highest BCUT2D eigenvalue weighted by molar-refractivity contribution is 5.94. The van der Waals surface area contributed by atoms with Gasteiger partial charge in [0.15, 0.2) is 0 Å². The third kappa shape index (κ3) is 3.63. The number of halogens is 1. The van der Waals surface area contributed by atoms with Gasteiger partial charge in [-0.05, 0) is 18.2 Å². The van der Waals surface area contributed by atoms with E-state index in [0.29, 0.717) is 37.4 Å². The van der Waals surface area contributed by atoms with Crippen LogP contribution >= 0.6 is 0 Å². The molecule has 1 amide bonds. The summed E-state index contributed by atoms with van der Waals surface area (Å²) in [5.41, 5.74) is 2.94.